The monoisotopic (exact) mass is 552 g/mol. The van der Waals surface area contributed by atoms with Crippen LogP contribution in [0.2, 0.25) is 0 Å². The van der Waals surface area contributed by atoms with E-state index in [0.717, 1.165) is 25.7 Å². The highest BCUT2D eigenvalue weighted by molar-refractivity contribution is 5.32. The third kappa shape index (κ3) is 18.7. The third-order valence-corrected chi connectivity index (χ3v) is 6.76. The smallest absolute Gasteiger partial charge is 0.105 e. The molecular weight excluding hydrogens is 496 g/mol. The van der Waals surface area contributed by atoms with E-state index in [4.69, 9.17) is 4.74 Å². The maximum Gasteiger partial charge on any atom is 0.105 e. The summed E-state index contributed by atoms with van der Waals surface area (Å²) in [5.74, 6) is 0. The third-order valence-electron chi connectivity index (χ3n) is 6.76. The first-order valence-electron chi connectivity index (χ1n) is 15.1. The zero-order valence-electron chi connectivity index (χ0n) is 27.6. The molecule has 0 radical (unpaired) electrons. The SMILES string of the molecule is CC(C)=CCCC(C)=CC=CC(C)=CC=CC(C)=CC=CC=C(C)C=CC=C(C)C=CC1OC1(C)CCC=C(C)C. The molecule has 0 amide bonds. The molecule has 1 nitrogen and oxygen atoms in total. The van der Waals surface area contributed by atoms with Gasteiger partial charge in [-0.15, -0.1) is 0 Å². The largest absolute Gasteiger partial charge is 0.362 e. The van der Waals surface area contributed by atoms with Gasteiger partial charge in [-0.2, -0.15) is 0 Å². The fourth-order valence-electron chi connectivity index (χ4n) is 3.96. The van der Waals surface area contributed by atoms with E-state index in [9.17, 15) is 0 Å². The minimum atomic E-state index is 0.00173. The van der Waals surface area contributed by atoms with Gasteiger partial charge in [-0.1, -0.05) is 142 Å². The Morgan fingerprint density at radius 3 is 1.51 bits per heavy atom. The lowest BCUT2D eigenvalue weighted by atomic mass is 10.00. The van der Waals surface area contributed by atoms with Crippen molar-refractivity contribution >= 4 is 0 Å². The molecule has 1 aliphatic heterocycles. The first-order chi connectivity index (χ1) is 19.4. The van der Waals surface area contributed by atoms with E-state index in [-0.39, 0.29) is 11.7 Å². The highest BCUT2D eigenvalue weighted by Gasteiger charge is 2.49. The van der Waals surface area contributed by atoms with Gasteiger partial charge in [0.2, 0.25) is 0 Å². The summed E-state index contributed by atoms with van der Waals surface area (Å²) in [6.07, 6.45) is 41.3. The maximum absolute atomic E-state index is 5.92. The molecule has 0 aromatic carbocycles. The number of epoxide rings is 1. The van der Waals surface area contributed by atoms with Crippen molar-refractivity contribution in [2.24, 2.45) is 0 Å². The molecule has 1 heteroatoms. The standard InChI is InChI=1S/C40H56O/c1-32(2)18-13-22-36(7)25-15-27-37(8)26-14-23-34(5)20-11-12-21-35(6)24-16-28-38(9)29-30-39-40(10,41-39)31-17-19-33(3)4/h11-12,14-16,18-21,23-30,39H,13,17,22,31H2,1-10H3. The molecule has 1 fully saturated rings. The van der Waals surface area contributed by atoms with Crippen LogP contribution < -0.4 is 0 Å². The molecular formula is C40H56O. The minimum absolute atomic E-state index is 0.00173. The minimum Gasteiger partial charge on any atom is -0.362 e. The Bertz CT molecular complexity index is 1190. The topological polar surface area (TPSA) is 12.5 Å². The second-order valence-corrected chi connectivity index (χ2v) is 12.0. The molecule has 0 aliphatic carbocycles. The van der Waals surface area contributed by atoms with Gasteiger partial charge < -0.3 is 4.74 Å². The van der Waals surface area contributed by atoms with Crippen LogP contribution in [-0.4, -0.2) is 11.7 Å². The number of hydrogen-bond donors (Lipinski definition) is 0. The zero-order valence-corrected chi connectivity index (χ0v) is 27.6. The van der Waals surface area contributed by atoms with Gasteiger partial charge in [-0.05, 0) is 94.9 Å². The van der Waals surface area contributed by atoms with Crippen molar-refractivity contribution in [1.82, 2.24) is 0 Å². The van der Waals surface area contributed by atoms with E-state index in [1.54, 1.807) is 0 Å². The fraction of sp³-hybridized carbons (Fsp3) is 0.400. The van der Waals surface area contributed by atoms with E-state index in [0.29, 0.717) is 0 Å². The van der Waals surface area contributed by atoms with Crippen LogP contribution >= 0.6 is 0 Å². The van der Waals surface area contributed by atoms with Crippen molar-refractivity contribution in [2.75, 3.05) is 0 Å². The molecule has 1 heterocycles. The van der Waals surface area contributed by atoms with Gasteiger partial charge in [-0.3, -0.25) is 0 Å². The van der Waals surface area contributed by atoms with Gasteiger partial charge in [-0.25, -0.2) is 0 Å². The van der Waals surface area contributed by atoms with E-state index in [1.807, 2.05) is 0 Å². The fourth-order valence-corrected chi connectivity index (χ4v) is 3.96. The van der Waals surface area contributed by atoms with Gasteiger partial charge in [0.15, 0.2) is 0 Å². The van der Waals surface area contributed by atoms with Crippen LogP contribution in [0.15, 0.2) is 142 Å². The van der Waals surface area contributed by atoms with Crippen LogP contribution in [0.25, 0.3) is 0 Å². The van der Waals surface area contributed by atoms with Gasteiger partial charge in [0.1, 0.15) is 6.10 Å². The van der Waals surface area contributed by atoms with Crippen LogP contribution in [0.1, 0.15) is 94.9 Å². The van der Waals surface area contributed by atoms with E-state index in [1.165, 1.54) is 39.0 Å². The van der Waals surface area contributed by atoms with Crippen molar-refractivity contribution in [3.05, 3.63) is 142 Å². The summed E-state index contributed by atoms with van der Waals surface area (Å²) in [6.45, 7) is 21.5. The number of ether oxygens (including phenoxy) is 1. The van der Waals surface area contributed by atoms with Crippen LogP contribution in [0, 0.1) is 0 Å². The molecule has 0 spiro atoms. The first kappa shape index (κ1) is 35.9. The Kier molecular flexibility index (Phi) is 17.4. The predicted octanol–water partition coefficient (Wildman–Crippen LogP) is 12.1. The number of hydrogen-bond acceptors (Lipinski definition) is 1. The summed E-state index contributed by atoms with van der Waals surface area (Å²) in [7, 11) is 0. The molecule has 1 saturated heterocycles. The van der Waals surface area contributed by atoms with Crippen LogP contribution in [0.4, 0.5) is 0 Å². The Morgan fingerprint density at radius 1 is 0.561 bits per heavy atom. The summed E-state index contributed by atoms with van der Waals surface area (Å²) < 4.78 is 5.92. The molecule has 0 bridgehead atoms. The van der Waals surface area contributed by atoms with E-state index >= 15 is 0 Å². The van der Waals surface area contributed by atoms with Crippen LogP contribution in [0.3, 0.4) is 0 Å². The summed E-state index contributed by atoms with van der Waals surface area (Å²) in [5.41, 5.74) is 9.04. The predicted molar refractivity (Wildman–Crippen MR) is 185 cm³/mol. The lowest BCUT2D eigenvalue weighted by Gasteiger charge is -2.02. The van der Waals surface area contributed by atoms with Crippen molar-refractivity contribution in [3.63, 3.8) is 0 Å². The average Bonchev–Trinajstić information content (AvgIpc) is 3.54. The molecule has 1 aliphatic rings. The first-order valence-corrected chi connectivity index (χ1v) is 15.1. The Hall–Kier alpha value is -3.16. The summed E-state index contributed by atoms with van der Waals surface area (Å²) >= 11 is 0. The van der Waals surface area contributed by atoms with E-state index < -0.39 is 0 Å². The van der Waals surface area contributed by atoms with Crippen LogP contribution in [-0.2, 0) is 4.74 Å². The molecule has 0 N–H and O–H groups in total. The summed E-state index contributed by atoms with van der Waals surface area (Å²) in [5, 5.41) is 0. The van der Waals surface area contributed by atoms with Gasteiger partial charge >= 0.3 is 0 Å². The number of allylic oxidation sites excluding steroid dienone is 23. The van der Waals surface area contributed by atoms with Gasteiger partial charge in [0.05, 0.1) is 5.60 Å². The molecule has 0 saturated carbocycles. The maximum atomic E-state index is 5.92. The highest BCUT2D eigenvalue weighted by Crippen LogP contribution is 2.41. The molecule has 41 heavy (non-hydrogen) atoms. The summed E-state index contributed by atoms with van der Waals surface area (Å²) in [4.78, 5) is 0. The Labute approximate surface area is 253 Å². The van der Waals surface area contributed by atoms with Crippen molar-refractivity contribution in [3.8, 4) is 0 Å². The molecule has 0 aromatic rings. The molecule has 1 rings (SSSR count). The second kappa shape index (κ2) is 19.8. The van der Waals surface area contributed by atoms with Crippen molar-refractivity contribution in [1.29, 1.82) is 0 Å². The van der Waals surface area contributed by atoms with Crippen molar-refractivity contribution < 1.29 is 4.74 Å². The molecule has 0 aromatic heterocycles. The lowest BCUT2D eigenvalue weighted by Crippen LogP contribution is -2.07. The Morgan fingerprint density at radius 2 is 1.00 bits per heavy atom. The second-order valence-electron chi connectivity index (χ2n) is 12.0. The van der Waals surface area contributed by atoms with Gasteiger partial charge in [0, 0.05) is 0 Å². The normalized spacial score (nSPS) is 21.3. The van der Waals surface area contributed by atoms with Crippen LogP contribution in [0.5, 0.6) is 0 Å². The van der Waals surface area contributed by atoms with Gasteiger partial charge in [0.25, 0.3) is 0 Å². The number of rotatable bonds is 16. The average molecular weight is 553 g/mol. The zero-order chi connectivity index (χ0) is 30.7. The Balaban J connectivity index is 2.48. The molecule has 2 unspecified atom stereocenters. The molecule has 2 atom stereocenters. The lowest BCUT2D eigenvalue weighted by molar-refractivity contribution is 0.304. The quantitative estimate of drug-likeness (QED) is 0.105. The summed E-state index contributed by atoms with van der Waals surface area (Å²) in [6, 6.07) is 0. The van der Waals surface area contributed by atoms with E-state index in [2.05, 4.69) is 173 Å². The van der Waals surface area contributed by atoms with Crippen molar-refractivity contribution in [2.45, 2.75) is 107 Å². The highest BCUT2D eigenvalue weighted by atomic mass is 16.6. The molecule has 222 valence electrons.